The zero-order valence-electron chi connectivity index (χ0n) is 38.5. The summed E-state index contributed by atoms with van der Waals surface area (Å²) in [6.45, 7) is 8.47. The van der Waals surface area contributed by atoms with Crippen LogP contribution in [0.25, 0.3) is 154 Å². The number of aromatic nitrogens is 10. The second-order valence-electron chi connectivity index (χ2n) is 18.7. The quantitative estimate of drug-likeness (QED) is 0.118. The molecule has 0 radical (unpaired) electrons. The Morgan fingerprint density at radius 1 is 0.300 bits per heavy atom. The molecule has 330 valence electrons. The third-order valence-electron chi connectivity index (χ3n) is 14.7. The summed E-state index contributed by atoms with van der Waals surface area (Å²) in [4.78, 5) is 48.8. The Morgan fingerprint density at radius 3 is 0.986 bits per heavy atom. The van der Waals surface area contributed by atoms with Crippen molar-refractivity contribution >= 4 is 109 Å². The number of H-pyrrole nitrogens is 3. The molecule has 15 rings (SSSR count). The monoisotopic (exact) mass is 899 g/mol. The molecular formula is C60H39N10-. The van der Waals surface area contributed by atoms with Crippen LogP contribution in [-0.2, 0) is 0 Å². The van der Waals surface area contributed by atoms with Gasteiger partial charge in [-0.3, -0.25) is 0 Å². The first kappa shape index (κ1) is 38.8. The summed E-state index contributed by atoms with van der Waals surface area (Å²) >= 11 is 0. The van der Waals surface area contributed by atoms with Crippen LogP contribution < -0.4 is 4.98 Å². The molecular weight excluding hydrogens is 861 g/mol. The molecule has 0 amide bonds. The Balaban J connectivity index is 1.05. The van der Waals surface area contributed by atoms with Crippen molar-refractivity contribution in [3.8, 4) is 45.0 Å². The normalized spacial score (nSPS) is 12.3. The van der Waals surface area contributed by atoms with Gasteiger partial charge >= 0.3 is 0 Å². The Labute approximate surface area is 398 Å². The van der Waals surface area contributed by atoms with Crippen molar-refractivity contribution in [2.75, 3.05) is 0 Å². The summed E-state index contributed by atoms with van der Waals surface area (Å²) in [5.41, 5.74) is 22.1. The second kappa shape index (κ2) is 14.1. The summed E-state index contributed by atoms with van der Waals surface area (Å²) in [5, 5.41) is 8.05. The van der Waals surface area contributed by atoms with Gasteiger partial charge in [0.25, 0.3) is 0 Å². The molecule has 9 heterocycles. The molecule has 0 spiro atoms. The minimum absolute atomic E-state index is 0.737. The van der Waals surface area contributed by atoms with E-state index < -0.39 is 0 Å². The van der Waals surface area contributed by atoms with E-state index in [-0.39, 0.29) is 0 Å². The molecule has 0 fully saturated rings. The lowest BCUT2D eigenvalue weighted by Gasteiger charge is -2.15. The SMILES string of the molecule is Cc1c[n-]c2c(-c3ccc4c(n3)c3nc(-c5cccc6c(C)c[nH]c56)ccc3c3nc5c6ccc(-c7cccc8c(C)c[nH]c78)nc6c6nc(-c7cccc8c(C)c[nH]c78)ccc6c5nc43)cccc12. The van der Waals surface area contributed by atoms with Crippen LogP contribution >= 0.6 is 0 Å². The molecule has 10 nitrogen and oxygen atoms in total. The van der Waals surface area contributed by atoms with Gasteiger partial charge < -0.3 is 19.9 Å². The minimum atomic E-state index is 0.737. The average Bonchev–Trinajstić information content (AvgIpc) is 4.20. The lowest BCUT2D eigenvalue weighted by molar-refractivity contribution is 1.34. The average molecular weight is 900 g/mol. The van der Waals surface area contributed by atoms with Gasteiger partial charge in [-0.25, -0.2) is 29.9 Å². The molecule has 6 aromatic carbocycles. The third-order valence-corrected chi connectivity index (χ3v) is 14.7. The molecule has 0 aliphatic rings. The fourth-order valence-electron chi connectivity index (χ4n) is 11.1. The molecule has 10 heteroatoms. The highest BCUT2D eigenvalue weighted by atomic mass is 14.9. The molecule has 0 saturated carbocycles. The number of benzene rings is 6. The van der Waals surface area contributed by atoms with Crippen LogP contribution in [0.15, 0.2) is 146 Å². The van der Waals surface area contributed by atoms with E-state index in [9.17, 15) is 0 Å². The van der Waals surface area contributed by atoms with Crippen molar-refractivity contribution in [1.82, 2.24) is 49.8 Å². The Hall–Kier alpha value is -9.28. The van der Waals surface area contributed by atoms with Crippen LogP contribution in [-0.4, -0.2) is 44.9 Å². The lowest BCUT2D eigenvalue weighted by Crippen LogP contribution is -1.99. The predicted octanol–water partition coefficient (Wildman–Crippen LogP) is 14.4. The Bertz CT molecular complexity index is 4180. The number of para-hydroxylation sites is 4. The van der Waals surface area contributed by atoms with Crippen LogP contribution in [0.1, 0.15) is 22.3 Å². The standard InChI is InChI=1S/C60H39N10/c1-29-25-61-49-33(29)9-5-13-37(49)45-21-17-41-53(65-45)54-42(18-22-46(66-54)38-14-6-10-34-30(2)26-62-50(34)38)58-57(41)69-59-43-19-23-47(39-15-7-11-35-31(3)27-63-51(35)39)67-55(43)56-44(60(59)70-58)20-24-48(68-56)40-16-8-12-36-32(4)28-64-52(36)40/h5-28,61-63H,1-4H3/q-1. The summed E-state index contributed by atoms with van der Waals surface area (Å²) < 4.78 is 0. The number of nitrogens with zero attached hydrogens (tertiary/aromatic N) is 7. The summed E-state index contributed by atoms with van der Waals surface area (Å²) in [6, 6.07) is 42.4. The highest BCUT2D eigenvalue weighted by molar-refractivity contribution is 6.27. The van der Waals surface area contributed by atoms with Crippen molar-refractivity contribution in [1.29, 1.82) is 0 Å². The summed E-state index contributed by atoms with van der Waals surface area (Å²) in [7, 11) is 0. The number of aryl methyl sites for hydroxylation is 4. The number of aromatic amines is 3. The largest absolute Gasteiger partial charge is 0.663 e. The number of hydrogen-bond acceptors (Lipinski definition) is 6. The smallest absolute Gasteiger partial charge is 0.0996 e. The first-order chi connectivity index (χ1) is 34.3. The van der Waals surface area contributed by atoms with E-state index in [1.807, 2.05) is 6.20 Å². The Morgan fingerprint density at radius 2 is 0.614 bits per heavy atom. The van der Waals surface area contributed by atoms with Gasteiger partial charge in [-0.1, -0.05) is 78.4 Å². The lowest BCUT2D eigenvalue weighted by atomic mass is 10.00. The van der Waals surface area contributed by atoms with Crippen molar-refractivity contribution in [2.24, 2.45) is 0 Å². The number of nitrogens with one attached hydrogen (secondary N) is 3. The summed E-state index contributed by atoms with van der Waals surface area (Å²) in [6.07, 6.45) is 8.10. The molecule has 70 heavy (non-hydrogen) atoms. The number of pyridine rings is 4. The Kier molecular flexibility index (Phi) is 7.83. The van der Waals surface area contributed by atoms with Gasteiger partial charge in [0, 0.05) is 73.0 Å². The van der Waals surface area contributed by atoms with Gasteiger partial charge in [-0.15, -0.1) is 5.52 Å². The number of fused-ring (bicyclic) bond motifs is 16. The zero-order chi connectivity index (χ0) is 46.5. The van der Waals surface area contributed by atoms with Gasteiger partial charge in [0.1, 0.15) is 0 Å². The maximum atomic E-state index is 5.67. The van der Waals surface area contributed by atoms with Crippen LogP contribution in [0.4, 0.5) is 0 Å². The van der Waals surface area contributed by atoms with Gasteiger partial charge in [0.15, 0.2) is 0 Å². The van der Waals surface area contributed by atoms with E-state index in [2.05, 4.69) is 183 Å². The van der Waals surface area contributed by atoms with Crippen LogP contribution in [0.2, 0.25) is 0 Å². The maximum Gasteiger partial charge on any atom is 0.0996 e. The van der Waals surface area contributed by atoms with Crippen molar-refractivity contribution in [3.63, 3.8) is 0 Å². The van der Waals surface area contributed by atoms with Gasteiger partial charge in [-0.05, 0) is 104 Å². The van der Waals surface area contributed by atoms with Crippen molar-refractivity contribution in [2.45, 2.75) is 27.7 Å². The van der Waals surface area contributed by atoms with E-state index in [1.165, 1.54) is 32.8 Å². The molecule has 0 aliphatic heterocycles. The number of hydrogen-bond donors (Lipinski definition) is 3. The fraction of sp³-hybridized carbons (Fsp3) is 0.0667. The number of rotatable bonds is 4. The van der Waals surface area contributed by atoms with E-state index in [1.54, 1.807) is 0 Å². The fourth-order valence-corrected chi connectivity index (χ4v) is 11.1. The van der Waals surface area contributed by atoms with Gasteiger partial charge in [-0.2, -0.15) is 6.20 Å². The molecule has 15 aromatic rings. The topological polar surface area (TPSA) is 139 Å². The van der Waals surface area contributed by atoms with Crippen LogP contribution in [0.5, 0.6) is 0 Å². The molecule has 9 aromatic heterocycles. The highest BCUT2D eigenvalue weighted by Crippen LogP contribution is 2.42. The first-order valence-electron chi connectivity index (χ1n) is 23.6. The van der Waals surface area contributed by atoms with Crippen molar-refractivity contribution in [3.05, 3.63) is 168 Å². The van der Waals surface area contributed by atoms with Crippen molar-refractivity contribution < 1.29 is 0 Å². The predicted molar refractivity (Wildman–Crippen MR) is 285 cm³/mol. The minimum Gasteiger partial charge on any atom is -0.663 e. The second-order valence-corrected chi connectivity index (χ2v) is 18.7. The first-order valence-corrected chi connectivity index (χ1v) is 23.6. The van der Waals surface area contributed by atoms with E-state index in [4.69, 9.17) is 34.9 Å². The van der Waals surface area contributed by atoms with Gasteiger partial charge in [0.2, 0.25) is 0 Å². The molecule has 0 atom stereocenters. The third kappa shape index (κ3) is 5.38. The van der Waals surface area contributed by atoms with Gasteiger partial charge in [0.05, 0.1) is 83.5 Å². The van der Waals surface area contributed by atoms with E-state index in [0.29, 0.717) is 0 Å². The van der Waals surface area contributed by atoms with Crippen LogP contribution in [0.3, 0.4) is 0 Å². The molecule has 0 unspecified atom stereocenters. The maximum absolute atomic E-state index is 5.67. The van der Waals surface area contributed by atoms with Crippen LogP contribution in [0, 0.1) is 27.7 Å². The molecule has 3 N–H and O–H groups in total. The van der Waals surface area contributed by atoms with E-state index in [0.717, 1.165) is 144 Å². The summed E-state index contributed by atoms with van der Waals surface area (Å²) in [5.74, 6) is 0. The molecule has 0 bridgehead atoms. The van der Waals surface area contributed by atoms with E-state index >= 15 is 0 Å². The molecule has 0 saturated heterocycles. The highest BCUT2D eigenvalue weighted by Gasteiger charge is 2.23. The zero-order valence-corrected chi connectivity index (χ0v) is 38.5. The molecule has 0 aliphatic carbocycles.